The van der Waals surface area contributed by atoms with E-state index >= 15 is 0 Å². The van der Waals surface area contributed by atoms with Crippen LogP contribution in [0.1, 0.15) is 17.2 Å². The van der Waals surface area contributed by atoms with Crippen LogP contribution in [0.2, 0.25) is 0 Å². The summed E-state index contributed by atoms with van der Waals surface area (Å²) >= 11 is 0. The third-order valence-electron chi connectivity index (χ3n) is 3.63. The van der Waals surface area contributed by atoms with Gasteiger partial charge in [-0.05, 0) is 12.5 Å². The van der Waals surface area contributed by atoms with E-state index in [0.717, 1.165) is 26.3 Å². The molecule has 0 radical (unpaired) electrons. The van der Waals surface area contributed by atoms with Crippen molar-refractivity contribution in [2.75, 3.05) is 39.4 Å². The number of aryl methyl sites for hydroxylation is 1. The molecule has 2 rings (SSSR count). The van der Waals surface area contributed by atoms with E-state index < -0.39 is 0 Å². The number of morpholine rings is 1. The summed E-state index contributed by atoms with van der Waals surface area (Å²) in [6.45, 7) is 5.95. The fraction of sp³-hybridized carbons (Fsp3) is 0.533. The molecule has 3 N–H and O–H groups in total. The number of nitrogens with zero attached hydrogens (tertiary/aromatic N) is 1. The molecule has 1 saturated heterocycles. The Labute approximate surface area is 120 Å². The maximum Gasteiger partial charge on any atom is 0.233 e. The van der Waals surface area contributed by atoms with Crippen LogP contribution >= 0.6 is 0 Å². The largest absolute Gasteiger partial charge is 0.379 e. The molecular formula is C15H23N3O2. The molecule has 1 aromatic rings. The van der Waals surface area contributed by atoms with Gasteiger partial charge in [0.25, 0.3) is 0 Å². The summed E-state index contributed by atoms with van der Waals surface area (Å²) in [4.78, 5) is 13.8. The number of carbonyl (C=O) groups is 1. The van der Waals surface area contributed by atoms with Crippen molar-refractivity contribution < 1.29 is 9.53 Å². The Kier molecular flexibility index (Phi) is 5.52. The second-order valence-corrected chi connectivity index (χ2v) is 5.08. The molecule has 110 valence electrons. The maximum absolute atomic E-state index is 11.4. The molecule has 1 aliphatic rings. The lowest BCUT2D eigenvalue weighted by atomic mass is 10.0. The molecule has 0 spiro atoms. The molecule has 1 atom stereocenters. The van der Waals surface area contributed by atoms with E-state index in [0.29, 0.717) is 6.54 Å². The van der Waals surface area contributed by atoms with Crippen LogP contribution in [0.5, 0.6) is 0 Å². The molecular weight excluding hydrogens is 254 g/mol. The van der Waals surface area contributed by atoms with Crippen molar-refractivity contribution in [3.63, 3.8) is 0 Å². The SMILES string of the molecule is Cc1ccc(C(CNC(=O)CN)N2CCOCC2)cc1. The number of rotatable bonds is 5. The van der Waals surface area contributed by atoms with Crippen LogP contribution in [0.4, 0.5) is 0 Å². The molecule has 1 unspecified atom stereocenters. The molecule has 0 bridgehead atoms. The van der Waals surface area contributed by atoms with E-state index in [-0.39, 0.29) is 18.5 Å². The lowest BCUT2D eigenvalue weighted by molar-refractivity contribution is -0.120. The van der Waals surface area contributed by atoms with Gasteiger partial charge in [-0.15, -0.1) is 0 Å². The molecule has 1 fully saturated rings. The van der Waals surface area contributed by atoms with Crippen molar-refractivity contribution in [1.29, 1.82) is 0 Å². The number of nitrogens with two attached hydrogens (primary N) is 1. The first-order chi connectivity index (χ1) is 9.70. The molecule has 1 heterocycles. The Morgan fingerprint density at radius 1 is 1.35 bits per heavy atom. The molecule has 0 saturated carbocycles. The van der Waals surface area contributed by atoms with Gasteiger partial charge >= 0.3 is 0 Å². The number of ether oxygens (including phenoxy) is 1. The first-order valence-corrected chi connectivity index (χ1v) is 7.06. The Morgan fingerprint density at radius 3 is 2.60 bits per heavy atom. The van der Waals surface area contributed by atoms with Gasteiger partial charge < -0.3 is 15.8 Å². The second-order valence-electron chi connectivity index (χ2n) is 5.08. The first kappa shape index (κ1) is 15.0. The molecule has 20 heavy (non-hydrogen) atoms. The van der Waals surface area contributed by atoms with Gasteiger partial charge in [-0.3, -0.25) is 9.69 Å². The van der Waals surface area contributed by atoms with Crippen molar-refractivity contribution in [3.8, 4) is 0 Å². The minimum Gasteiger partial charge on any atom is -0.379 e. The van der Waals surface area contributed by atoms with Gasteiger partial charge in [-0.25, -0.2) is 0 Å². The zero-order valence-electron chi connectivity index (χ0n) is 12.0. The first-order valence-electron chi connectivity index (χ1n) is 7.06. The lowest BCUT2D eigenvalue weighted by Gasteiger charge is -2.35. The highest BCUT2D eigenvalue weighted by Crippen LogP contribution is 2.21. The molecule has 5 nitrogen and oxygen atoms in total. The van der Waals surface area contributed by atoms with Gasteiger partial charge in [-0.2, -0.15) is 0 Å². The Morgan fingerprint density at radius 2 is 2.00 bits per heavy atom. The number of amides is 1. The van der Waals surface area contributed by atoms with Crippen LogP contribution in [0.3, 0.4) is 0 Å². The summed E-state index contributed by atoms with van der Waals surface area (Å²) in [6.07, 6.45) is 0. The Balaban J connectivity index is 2.09. The van der Waals surface area contributed by atoms with Gasteiger partial charge in [0.05, 0.1) is 25.8 Å². The molecule has 1 aliphatic heterocycles. The number of hydrogen-bond donors (Lipinski definition) is 2. The van der Waals surface area contributed by atoms with Crippen LogP contribution < -0.4 is 11.1 Å². The van der Waals surface area contributed by atoms with E-state index in [9.17, 15) is 4.79 Å². The minimum absolute atomic E-state index is 0.0315. The average Bonchev–Trinajstić information content (AvgIpc) is 2.50. The zero-order chi connectivity index (χ0) is 14.4. The summed E-state index contributed by atoms with van der Waals surface area (Å²) in [5, 5.41) is 2.90. The number of nitrogens with one attached hydrogen (secondary N) is 1. The van der Waals surface area contributed by atoms with Crippen LogP contribution in [0, 0.1) is 6.92 Å². The van der Waals surface area contributed by atoms with E-state index in [1.54, 1.807) is 0 Å². The van der Waals surface area contributed by atoms with Crippen molar-refractivity contribution in [2.24, 2.45) is 5.73 Å². The lowest BCUT2D eigenvalue weighted by Crippen LogP contribution is -2.44. The van der Waals surface area contributed by atoms with Gasteiger partial charge in [0.2, 0.25) is 5.91 Å². The van der Waals surface area contributed by atoms with Crippen molar-refractivity contribution in [2.45, 2.75) is 13.0 Å². The fourth-order valence-electron chi connectivity index (χ4n) is 2.42. The number of hydrogen-bond acceptors (Lipinski definition) is 4. The van der Waals surface area contributed by atoms with E-state index in [4.69, 9.17) is 10.5 Å². The van der Waals surface area contributed by atoms with Gasteiger partial charge in [-0.1, -0.05) is 29.8 Å². The third kappa shape index (κ3) is 4.03. The molecule has 5 heteroatoms. The van der Waals surface area contributed by atoms with Crippen molar-refractivity contribution in [3.05, 3.63) is 35.4 Å². The Hall–Kier alpha value is -1.43. The second kappa shape index (κ2) is 7.38. The smallest absolute Gasteiger partial charge is 0.233 e. The standard InChI is InChI=1S/C15H23N3O2/c1-12-2-4-13(5-3-12)14(11-17-15(19)10-16)18-6-8-20-9-7-18/h2-5,14H,6-11,16H2,1H3,(H,17,19). The topological polar surface area (TPSA) is 67.6 Å². The predicted molar refractivity (Wildman–Crippen MR) is 78.4 cm³/mol. The molecule has 1 amide bonds. The maximum atomic E-state index is 11.4. The van der Waals surface area contributed by atoms with Crippen molar-refractivity contribution in [1.82, 2.24) is 10.2 Å². The monoisotopic (exact) mass is 277 g/mol. The highest BCUT2D eigenvalue weighted by molar-refractivity contribution is 5.77. The van der Waals surface area contributed by atoms with Crippen LogP contribution in [-0.2, 0) is 9.53 Å². The highest BCUT2D eigenvalue weighted by Gasteiger charge is 2.22. The summed E-state index contributed by atoms with van der Waals surface area (Å²) in [5.41, 5.74) is 7.80. The number of carbonyl (C=O) groups excluding carboxylic acids is 1. The third-order valence-corrected chi connectivity index (χ3v) is 3.63. The summed E-state index contributed by atoms with van der Waals surface area (Å²) in [6, 6.07) is 8.64. The van der Waals surface area contributed by atoms with Gasteiger partial charge in [0.1, 0.15) is 0 Å². The summed E-state index contributed by atoms with van der Waals surface area (Å²) < 4.78 is 5.40. The van der Waals surface area contributed by atoms with E-state index in [1.165, 1.54) is 11.1 Å². The minimum atomic E-state index is -0.115. The normalized spacial score (nSPS) is 17.7. The highest BCUT2D eigenvalue weighted by atomic mass is 16.5. The molecule has 0 aromatic heterocycles. The van der Waals surface area contributed by atoms with Crippen LogP contribution in [0.15, 0.2) is 24.3 Å². The van der Waals surface area contributed by atoms with Crippen LogP contribution in [-0.4, -0.2) is 50.2 Å². The van der Waals surface area contributed by atoms with Gasteiger partial charge in [0, 0.05) is 19.6 Å². The van der Waals surface area contributed by atoms with E-state index in [1.807, 2.05) is 0 Å². The number of benzene rings is 1. The van der Waals surface area contributed by atoms with E-state index in [2.05, 4.69) is 41.4 Å². The van der Waals surface area contributed by atoms with Gasteiger partial charge in [0.15, 0.2) is 0 Å². The van der Waals surface area contributed by atoms with Crippen molar-refractivity contribution >= 4 is 5.91 Å². The molecule has 0 aliphatic carbocycles. The Bertz CT molecular complexity index is 427. The summed E-state index contributed by atoms with van der Waals surface area (Å²) in [7, 11) is 0. The van der Waals surface area contributed by atoms with Crippen LogP contribution in [0.25, 0.3) is 0 Å². The average molecular weight is 277 g/mol. The fourth-order valence-corrected chi connectivity index (χ4v) is 2.42. The summed E-state index contributed by atoms with van der Waals surface area (Å²) in [5.74, 6) is -0.115. The predicted octanol–water partition coefficient (Wildman–Crippen LogP) is 0.443. The quantitative estimate of drug-likeness (QED) is 0.820. The zero-order valence-corrected chi connectivity index (χ0v) is 12.0. The molecule has 1 aromatic carbocycles.